The average Bonchev–Trinajstić information content (AvgIpc) is 3.24. The monoisotopic (exact) mass is 497 g/mol. The van der Waals surface area contributed by atoms with Gasteiger partial charge < -0.3 is 28.9 Å². The first kappa shape index (κ1) is 24.0. The third-order valence-electron chi connectivity index (χ3n) is 9.49. The van der Waals surface area contributed by atoms with Gasteiger partial charge in [-0.2, -0.15) is 0 Å². The number of carbonyl (C=O) groups excluding carboxylic acids is 2. The number of carbonyl (C=O) groups is 2. The number of amides is 2. The lowest BCUT2D eigenvalue weighted by molar-refractivity contribution is 0.0301. The smallest absolute Gasteiger partial charge is 0.410 e. The minimum absolute atomic E-state index is 0.0115. The molecular weight excluding hydrogens is 458 g/mol. The first-order valence-electron chi connectivity index (χ1n) is 13.7. The molecule has 0 N–H and O–H groups in total. The van der Waals surface area contributed by atoms with Crippen molar-refractivity contribution < 1.29 is 23.8 Å². The van der Waals surface area contributed by atoms with E-state index in [9.17, 15) is 9.59 Å². The van der Waals surface area contributed by atoms with Crippen LogP contribution in [0.5, 0.6) is 0 Å². The van der Waals surface area contributed by atoms with E-state index < -0.39 is 0 Å². The highest BCUT2D eigenvalue weighted by Crippen LogP contribution is 2.44. The zero-order valence-corrected chi connectivity index (χ0v) is 21.4. The van der Waals surface area contributed by atoms with Crippen LogP contribution in [0.2, 0.25) is 0 Å². The number of hydrogen-bond acceptors (Lipinski definition) is 6. The van der Waals surface area contributed by atoms with E-state index in [1.807, 2.05) is 9.80 Å². The summed E-state index contributed by atoms with van der Waals surface area (Å²) in [6.45, 7) is 5.44. The Hall–Kier alpha value is -2.32. The Balaban J connectivity index is 1.13. The summed E-state index contributed by atoms with van der Waals surface area (Å²) in [7, 11) is 1.47. The van der Waals surface area contributed by atoms with Gasteiger partial charge in [0.05, 0.1) is 20.3 Å². The summed E-state index contributed by atoms with van der Waals surface area (Å²) in [4.78, 5) is 32.1. The lowest BCUT2D eigenvalue weighted by atomic mass is 9.68. The maximum atomic E-state index is 13.0. The minimum atomic E-state index is -0.234. The van der Waals surface area contributed by atoms with E-state index in [0.717, 1.165) is 64.7 Å². The Labute approximate surface area is 213 Å². The van der Waals surface area contributed by atoms with Crippen LogP contribution in [0.4, 0.5) is 9.59 Å². The van der Waals surface area contributed by atoms with Gasteiger partial charge in [0.1, 0.15) is 6.10 Å². The lowest BCUT2D eigenvalue weighted by Gasteiger charge is -2.49. The van der Waals surface area contributed by atoms with E-state index in [2.05, 4.69) is 29.2 Å². The van der Waals surface area contributed by atoms with Crippen LogP contribution in [0.1, 0.15) is 56.1 Å². The normalized spacial score (nSPS) is 31.7. The molecule has 5 fully saturated rings. The maximum absolute atomic E-state index is 13.0. The molecule has 196 valence electrons. The Morgan fingerprint density at radius 1 is 1.03 bits per heavy atom. The highest BCUT2D eigenvalue weighted by molar-refractivity contribution is 5.69. The molecule has 2 amide bonds. The Morgan fingerprint density at radius 3 is 2.64 bits per heavy atom. The second kappa shape index (κ2) is 9.86. The van der Waals surface area contributed by atoms with Gasteiger partial charge in [-0.3, -0.25) is 0 Å². The SMILES string of the molecule is COC(=O)N1Cc2ccccc2C2(CCN(C3CC4CCC(C3)N(C(=O)O[C@@H]3CCOC3)C4)CC2)C1. The molecule has 5 aliphatic heterocycles. The van der Waals surface area contributed by atoms with Crippen molar-refractivity contribution in [2.45, 2.75) is 75.1 Å². The van der Waals surface area contributed by atoms with Crippen molar-refractivity contribution in [1.29, 1.82) is 0 Å². The third-order valence-corrected chi connectivity index (χ3v) is 9.49. The molecule has 1 saturated carbocycles. The fraction of sp³-hybridized carbons (Fsp3) is 0.714. The number of fused-ring (bicyclic) bond motifs is 6. The molecule has 1 spiro atoms. The molecule has 1 aliphatic carbocycles. The van der Waals surface area contributed by atoms with Crippen molar-refractivity contribution in [3.05, 3.63) is 35.4 Å². The van der Waals surface area contributed by atoms with Crippen molar-refractivity contribution in [3.63, 3.8) is 0 Å². The molecule has 7 rings (SSSR count). The van der Waals surface area contributed by atoms with Crippen LogP contribution in [-0.4, -0.2) is 91.6 Å². The van der Waals surface area contributed by atoms with Crippen molar-refractivity contribution in [2.75, 3.05) is 46.5 Å². The summed E-state index contributed by atoms with van der Waals surface area (Å²) >= 11 is 0. The topological polar surface area (TPSA) is 71.6 Å². The summed E-state index contributed by atoms with van der Waals surface area (Å²) in [5, 5.41) is 0. The van der Waals surface area contributed by atoms with E-state index >= 15 is 0 Å². The molecule has 6 aliphatic rings. The predicted molar refractivity (Wildman–Crippen MR) is 134 cm³/mol. The van der Waals surface area contributed by atoms with Gasteiger partial charge in [0.25, 0.3) is 0 Å². The fourth-order valence-corrected chi connectivity index (χ4v) is 7.56. The zero-order chi connectivity index (χ0) is 24.7. The molecule has 0 radical (unpaired) electrons. The number of methoxy groups -OCH3 is 1. The Bertz CT molecular complexity index is 972. The van der Waals surface area contributed by atoms with Gasteiger partial charge in [0.15, 0.2) is 0 Å². The number of hydrogen-bond donors (Lipinski definition) is 0. The zero-order valence-electron chi connectivity index (χ0n) is 21.4. The molecule has 3 unspecified atom stereocenters. The van der Waals surface area contributed by atoms with E-state index in [1.165, 1.54) is 24.7 Å². The summed E-state index contributed by atoms with van der Waals surface area (Å²) in [5.74, 6) is 0.544. The van der Waals surface area contributed by atoms with Gasteiger partial charge in [-0.15, -0.1) is 0 Å². The fourth-order valence-electron chi connectivity index (χ4n) is 7.56. The second-order valence-electron chi connectivity index (χ2n) is 11.5. The predicted octanol–water partition coefficient (Wildman–Crippen LogP) is 3.77. The van der Waals surface area contributed by atoms with Crippen molar-refractivity contribution >= 4 is 12.2 Å². The van der Waals surface area contributed by atoms with Crippen molar-refractivity contribution in [3.8, 4) is 0 Å². The second-order valence-corrected chi connectivity index (χ2v) is 11.5. The van der Waals surface area contributed by atoms with Gasteiger partial charge in [-0.25, -0.2) is 9.59 Å². The van der Waals surface area contributed by atoms with E-state index in [4.69, 9.17) is 14.2 Å². The van der Waals surface area contributed by atoms with E-state index in [-0.39, 0.29) is 29.7 Å². The third kappa shape index (κ3) is 4.47. The van der Waals surface area contributed by atoms with E-state index in [1.54, 1.807) is 0 Å². The lowest BCUT2D eigenvalue weighted by Crippen LogP contribution is -2.55. The molecule has 36 heavy (non-hydrogen) atoms. The van der Waals surface area contributed by atoms with Gasteiger partial charge in [-0.1, -0.05) is 24.3 Å². The summed E-state index contributed by atoms with van der Waals surface area (Å²) in [6, 6.07) is 9.40. The molecule has 2 bridgehead atoms. The van der Waals surface area contributed by atoms with Gasteiger partial charge in [-0.05, 0) is 68.7 Å². The number of benzene rings is 1. The minimum Gasteiger partial charge on any atom is -0.453 e. The van der Waals surface area contributed by atoms with Gasteiger partial charge >= 0.3 is 12.2 Å². The quantitative estimate of drug-likeness (QED) is 0.620. The number of nitrogens with zero attached hydrogens (tertiary/aromatic N) is 3. The van der Waals surface area contributed by atoms with Crippen molar-refractivity contribution in [2.24, 2.45) is 5.92 Å². The van der Waals surface area contributed by atoms with Crippen LogP contribution in [0, 0.1) is 5.92 Å². The molecule has 8 heteroatoms. The number of ether oxygens (including phenoxy) is 3. The van der Waals surface area contributed by atoms with Crippen LogP contribution in [0.15, 0.2) is 24.3 Å². The molecule has 1 aromatic carbocycles. The van der Waals surface area contributed by atoms with Crippen LogP contribution < -0.4 is 0 Å². The van der Waals surface area contributed by atoms with Crippen LogP contribution in [0.25, 0.3) is 0 Å². The first-order valence-corrected chi connectivity index (χ1v) is 13.7. The maximum Gasteiger partial charge on any atom is 0.410 e. The standard InChI is InChI=1S/C28H39N3O5/c1-34-26(32)30-17-21-4-2-3-5-25(21)28(19-30)9-11-29(12-10-28)23-14-20-6-7-22(15-23)31(16-20)27(33)36-24-8-13-35-18-24/h2-5,20,22-24H,6-19H2,1H3/t20?,22?,23?,24-/m1/s1. The number of rotatable bonds is 2. The molecule has 4 saturated heterocycles. The molecule has 1 aromatic rings. The highest BCUT2D eigenvalue weighted by Gasteiger charge is 2.46. The highest BCUT2D eigenvalue weighted by atomic mass is 16.6. The molecule has 5 heterocycles. The van der Waals surface area contributed by atoms with Crippen molar-refractivity contribution in [1.82, 2.24) is 14.7 Å². The largest absolute Gasteiger partial charge is 0.453 e. The molecule has 8 nitrogen and oxygen atoms in total. The first-order chi connectivity index (χ1) is 17.5. The van der Waals surface area contributed by atoms with Gasteiger partial charge in [0.2, 0.25) is 0 Å². The van der Waals surface area contributed by atoms with Gasteiger partial charge in [0, 0.05) is 43.6 Å². The summed E-state index contributed by atoms with van der Waals surface area (Å²) in [6.07, 6.45) is 6.90. The molecule has 0 aromatic heterocycles. The molecule has 4 atom stereocenters. The van der Waals surface area contributed by atoms with Crippen LogP contribution >= 0.6 is 0 Å². The van der Waals surface area contributed by atoms with Crippen LogP contribution in [0.3, 0.4) is 0 Å². The average molecular weight is 498 g/mol. The number of piperidine rings is 2. The molecular formula is C28H39N3O5. The Kier molecular flexibility index (Phi) is 6.58. The number of likely N-dealkylation sites (tertiary alicyclic amines) is 1. The summed E-state index contributed by atoms with van der Waals surface area (Å²) in [5.41, 5.74) is 2.65. The van der Waals surface area contributed by atoms with E-state index in [0.29, 0.717) is 31.7 Å². The Morgan fingerprint density at radius 2 is 1.86 bits per heavy atom. The van der Waals surface area contributed by atoms with Crippen LogP contribution in [-0.2, 0) is 26.2 Å². The summed E-state index contributed by atoms with van der Waals surface area (Å²) < 4.78 is 16.3.